The molecule has 92 valence electrons. The van der Waals surface area contributed by atoms with Gasteiger partial charge >= 0.3 is 5.97 Å². The van der Waals surface area contributed by atoms with Crippen LogP contribution in [0.2, 0.25) is 0 Å². The predicted octanol–water partition coefficient (Wildman–Crippen LogP) is 2.17. The third kappa shape index (κ3) is 2.07. The zero-order valence-electron chi connectivity index (χ0n) is 10.1. The van der Waals surface area contributed by atoms with Gasteiger partial charge in [-0.3, -0.25) is 0 Å². The number of methoxy groups -OCH3 is 1. The van der Waals surface area contributed by atoms with Crippen molar-refractivity contribution >= 4 is 5.97 Å². The van der Waals surface area contributed by atoms with Crippen molar-refractivity contribution in [3.63, 3.8) is 0 Å². The molecule has 0 N–H and O–H groups in total. The Morgan fingerprint density at radius 1 is 1.41 bits per heavy atom. The van der Waals surface area contributed by atoms with Crippen molar-refractivity contribution in [1.82, 2.24) is 0 Å². The molecular formula is C13H16O4. The van der Waals surface area contributed by atoms with Crippen molar-refractivity contribution in [3.8, 4) is 11.5 Å². The van der Waals surface area contributed by atoms with Crippen LogP contribution in [0, 0.1) is 0 Å². The highest BCUT2D eigenvalue weighted by atomic mass is 16.6. The molecule has 2 rings (SSSR count). The van der Waals surface area contributed by atoms with Gasteiger partial charge in [0.05, 0.1) is 7.11 Å². The molecule has 1 aromatic rings. The summed E-state index contributed by atoms with van der Waals surface area (Å²) < 4.78 is 16.2. The van der Waals surface area contributed by atoms with Crippen molar-refractivity contribution < 1.29 is 19.0 Å². The smallest absolute Gasteiger partial charge is 0.353 e. The molecule has 4 heteroatoms. The lowest BCUT2D eigenvalue weighted by atomic mass is 9.97. The van der Waals surface area contributed by atoms with E-state index in [2.05, 4.69) is 0 Å². The van der Waals surface area contributed by atoms with Gasteiger partial charge in [-0.05, 0) is 12.1 Å². The van der Waals surface area contributed by atoms with Crippen molar-refractivity contribution in [2.75, 3.05) is 13.7 Å². The van der Waals surface area contributed by atoms with Crippen LogP contribution in [0.5, 0.6) is 11.5 Å². The maximum atomic E-state index is 11.9. The van der Waals surface area contributed by atoms with Crippen molar-refractivity contribution in [2.45, 2.75) is 25.4 Å². The number of rotatable bonds is 3. The van der Waals surface area contributed by atoms with E-state index in [4.69, 9.17) is 14.2 Å². The molecule has 1 aromatic carbocycles. The summed E-state index contributed by atoms with van der Waals surface area (Å²) in [6, 6.07) is 7.33. The van der Waals surface area contributed by atoms with Gasteiger partial charge in [-0.2, -0.15) is 0 Å². The maximum absolute atomic E-state index is 11.9. The fraction of sp³-hybridized carbons (Fsp3) is 0.462. The average molecular weight is 236 g/mol. The van der Waals surface area contributed by atoms with Gasteiger partial charge in [-0.1, -0.05) is 25.5 Å². The van der Waals surface area contributed by atoms with E-state index in [0.29, 0.717) is 17.9 Å². The largest absolute Gasteiger partial charge is 0.485 e. The Morgan fingerprint density at radius 3 is 2.76 bits per heavy atom. The lowest BCUT2D eigenvalue weighted by Crippen LogP contribution is -2.52. The molecule has 0 saturated carbocycles. The fourth-order valence-corrected chi connectivity index (χ4v) is 2.00. The molecule has 1 aliphatic rings. The van der Waals surface area contributed by atoms with Crippen LogP contribution in [0.1, 0.15) is 19.8 Å². The molecule has 17 heavy (non-hydrogen) atoms. The second-order valence-corrected chi connectivity index (χ2v) is 4.07. The van der Waals surface area contributed by atoms with Gasteiger partial charge < -0.3 is 14.2 Å². The van der Waals surface area contributed by atoms with E-state index in [0.717, 1.165) is 6.42 Å². The Hall–Kier alpha value is -1.71. The van der Waals surface area contributed by atoms with Crippen LogP contribution >= 0.6 is 0 Å². The number of fused-ring (bicyclic) bond motifs is 1. The van der Waals surface area contributed by atoms with Gasteiger partial charge in [0.2, 0.25) is 5.60 Å². The van der Waals surface area contributed by atoms with E-state index in [1.165, 1.54) is 7.11 Å². The summed E-state index contributed by atoms with van der Waals surface area (Å²) >= 11 is 0. The average Bonchev–Trinajstić information content (AvgIpc) is 2.38. The molecule has 4 nitrogen and oxygen atoms in total. The van der Waals surface area contributed by atoms with Crippen LogP contribution in [-0.4, -0.2) is 25.3 Å². The zero-order chi connectivity index (χ0) is 12.3. The molecule has 0 bridgehead atoms. The van der Waals surface area contributed by atoms with E-state index in [1.54, 1.807) is 6.07 Å². The second kappa shape index (κ2) is 4.65. The van der Waals surface area contributed by atoms with E-state index in [9.17, 15) is 4.79 Å². The zero-order valence-corrected chi connectivity index (χ0v) is 10.1. The van der Waals surface area contributed by atoms with Gasteiger partial charge in [0.25, 0.3) is 0 Å². The standard InChI is InChI=1S/C13H16O4/c1-3-8-13(12(14)15-2)9-16-10-6-4-5-7-11(10)17-13/h4-7H,3,8-9H2,1-2H3. The molecule has 0 aliphatic carbocycles. The molecule has 1 unspecified atom stereocenters. The lowest BCUT2D eigenvalue weighted by Gasteiger charge is -2.35. The van der Waals surface area contributed by atoms with Gasteiger partial charge in [0, 0.05) is 6.42 Å². The van der Waals surface area contributed by atoms with Crippen LogP contribution in [-0.2, 0) is 9.53 Å². The number of carbonyl (C=O) groups excluding carboxylic acids is 1. The van der Waals surface area contributed by atoms with Crippen molar-refractivity contribution in [2.24, 2.45) is 0 Å². The highest BCUT2D eigenvalue weighted by molar-refractivity contribution is 5.80. The number of hydrogen-bond donors (Lipinski definition) is 0. The number of ether oxygens (including phenoxy) is 3. The topological polar surface area (TPSA) is 44.8 Å². The first-order chi connectivity index (χ1) is 8.22. The van der Waals surface area contributed by atoms with E-state index >= 15 is 0 Å². The second-order valence-electron chi connectivity index (χ2n) is 4.07. The highest BCUT2D eigenvalue weighted by Gasteiger charge is 2.45. The minimum atomic E-state index is -1.00. The molecular weight excluding hydrogens is 220 g/mol. The Morgan fingerprint density at radius 2 is 2.12 bits per heavy atom. The molecule has 1 aliphatic heterocycles. The van der Waals surface area contributed by atoms with E-state index < -0.39 is 5.60 Å². The number of esters is 1. The van der Waals surface area contributed by atoms with Gasteiger partial charge in [0.1, 0.15) is 6.61 Å². The summed E-state index contributed by atoms with van der Waals surface area (Å²) in [7, 11) is 1.36. The number of para-hydroxylation sites is 2. The van der Waals surface area contributed by atoms with Crippen LogP contribution in [0.25, 0.3) is 0 Å². The monoisotopic (exact) mass is 236 g/mol. The Labute approximate surface area is 100 Å². The van der Waals surface area contributed by atoms with Crippen LogP contribution in [0.4, 0.5) is 0 Å². The first-order valence-corrected chi connectivity index (χ1v) is 5.71. The summed E-state index contributed by atoms with van der Waals surface area (Å²) in [6.07, 6.45) is 1.40. The molecule has 0 spiro atoms. The summed E-state index contributed by atoms with van der Waals surface area (Å²) in [5.74, 6) is 0.884. The van der Waals surface area contributed by atoms with Crippen LogP contribution < -0.4 is 9.47 Å². The predicted molar refractivity (Wildman–Crippen MR) is 62.2 cm³/mol. The van der Waals surface area contributed by atoms with E-state index in [-0.39, 0.29) is 12.6 Å². The summed E-state index contributed by atoms with van der Waals surface area (Å²) in [5, 5.41) is 0. The van der Waals surface area contributed by atoms with Gasteiger partial charge in [-0.15, -0.1) is 0 Å². The molecule has 1 heterocycles. The van der Waals surface area contributed by atoms with Gasteiger partial charge in [-0.25, -0.2) is 4.79 Å². The van der Waals surface area contributed by atoms with Crippen LogP contribution in [0.15, 0.2) is 24.3 Å². The summed E-state index contributed by atoms with van der Waals surface area (Å²) in [6.45, 7) is 2.19. The molecule has 0 amide bonds. The normalized spacial score (nSPS) is 22.0. The first kappa shape index (κ1) is 11.8. The first-order valence-electron chi connectivity index (χ1n) is 5.71. The maximum Gasteiger partial charge on any atom is 0.353 e. The number of hydrogen-bond acceptors (Lipinski definition) is 4. The summed E-state index contributed by atoms with van der Waals surface area (Å²) in [5.41, 5.74) is -1.00. The fourth-order valence-electron chi connectivity index (χ4n) is 2.00. The molecule has 0 saturated heterocycles. The van der Waals surface area contributed by atoms with Crippen molar-refractivity contribution in [1.29, 1.82) is 0 Å². The minimum absolute atomic E-state index is 0.199. The molecule has 0 radical (unpaired) electrons. The number of carbonyl (C=O) groups is 1. The van der Waals surface area contributed by atoms with Crippen molar-refractivity contribution in [3.05, 3.63) is 24.3 Å². The third-order valence-electron chi connectivity index (χ3n) is 2.83. The highest BCUT2D eigenvalue weighted by Crippen LogP contribution is 2.37. The Bertz CT molecular complexity index is 416. The Balaban J connectivity index is 2.30. The lowest BCUT2D eigenvalue weighted by molar-refractivity contribution is -0.165. The number of benzene rings is 1. The molecule has 0 aromatic heterocycles. The Kier molecular flexibility index (Phi) is 3.22. The molecule has 0 fully saturated rings. The molecule has 1 atom stereocenters. The third-order valence-corrected chi connectivity index (χ3v) is 2.83. The SMILES string of the molecule is CCCC1(C(=O)OC)COc2ccccc2O1. The minimum Gasteiger partial charge on any atom is -0.485 e. The van der Waals surface area contributed by atoms with Gasteiger partial charge in [0.15, 0.2) is 11.5 Å². The quantitative estimate of drug-likeness (QED) is 0.754. The van der Waals surface area contributed by atoms with E-state index in [1.807, 2.05) is 25.1 Å². The van der Waals surface area contributed by atoms with Crippen LogP contribution in [0.3, 0.4) is 0 Å². The summed E-state index contributed by atoms with van der Waals surface area (Å²) in [4.78, 5) is 11.9.